The summed E-state index contributed by atoms with van der Waals surface area (Å²) in [5.41, 5.74) is 3.24. The van der Waals surface area contributed by atoms with Crippen molar-refractivity contribution in [2.75, 3.05) is 25.1 Å². The van der Waals surface area contributed by atoms with Gasteiger partial charge in [-0.25, -0.2) is 4.79 Å². The number of amides is 1. The van der Waals surface area contributed by atoms with E-state index in [1.54, 1.807) is 32.9 Å². The van der Waals surface area contributed by atoms with E-state index in [4.69, 9.17) is 14.2 Å². The summed E-state index contributed by atoms with van der Waals surface area (Å²) in [5, 5.41) is 2.81. The molecule has 9 nitrogen and oxygen atoms in total. The summed E-state index contributed by atoms with van der Waals surface area (Å²) in [6, 6.07) is 7.24. The van der Waals surface area contributed by atoms with Crippen molar-refractivity contribution >= 4 is 41.2 Å². The Bertz CT molecular complexity index is 1130. The van der Waals surface area contributed by atoms with Crippen LogP contribution in [0.15, 0.2) is 24.3 Å². The summed E-state index contributed by atoms with van der Waals surface area (Å²) in [6.07, 6.45) is 1.65. The van der Waals surface area contributed by atoms with Gasteiger partial charge in [0.25, 0.3) is 5.91 Å². The van der Waals surface area contributed by atoms with Crippen LogP contribution in [0, 0.1) is 0 Å². The van der Waals surface area contributed by atoms with Gasteiger partial charge in [-0.1, -0.05) is 18.2 Å². The summed E-state index contributed by atoms with van der Waals surface area (Å²) in [5.74, 6) is -1.87. The normalized spacial score (nSPS) is 13.4. The van der Waals surface area contributed by atoms with Gasteiger partial charge in [-0.2, -0.15) is 0 Å². The zero-order valence-electron chi connectivity index (χ0n) is 19.5. The van der Waals surface area contributed by atoms with Crippen molar-refractivity contribution in [1.82, 2.24) is 4.98 Å². The van der Waals surface area contributed by atoms with Crippen LogP contribution in [0.5, 0.6) is 0 Å². The number of esters is 3. The van der Waals surface area contributed by atoms with E-state index in [9.17, 15) is 19.2 Å². The summed E-state index contributed by atoms with van der Waals surface area (Å²) in [6.45, 7) is 5.64. The highest BCUT2D eigenvalue weighted by atomic mass is 16.5. The maximum absolute atomic E-state index is 12.7. The molecule has 0 radical (unpaired) electrons. The average Bonchev–Trinajstić information content (AvgIpc) is 3.30. The molecule has 0 aliphatic carbocycles. The number of fused-ring (bicyclic) bond motifs is 1. The van der Waals surface area contributed by atoms with Crippen LogP contribution in [0.3, 0.4) is 0 Å². The molecule has 0 saturated heterocycles. The second kappa shape index (κ2) is 11.3. The standard InChI is InChI=1S/C25H28N2O7/c1-4-32-21(28)12-11-16-17(14-22(29)33-5-2)23(25(31)34-6-3)26-20(16)13-18-15-9-7-8-10-19(15)27-24(18)30/h7-10,13,26H,4-6,11-12,14H2,1-3H3,(H,27,30). The second-order valence-electron chi connectivity index (χ2n) is 7.44. The van der Waals surface area contributed by atoms with Gasteiger partial charge in [-0.15, -0.1) is 0 Å². The monoisotopic (exact) mass is 468 g/mol. The molecule has 0 saturated carbocycles. The van der Waals surface area contributed by atoms with Crippen molar-refractivity contribution < 1.29 is 33.4 Å². The van der Waals surface area contributed by atoms with Gasteiger partial charge < -0.3 is 24.5 Å². The molecule has 34 heavy (non-hydrogen) atoms. The number of H-pyrrole nitrogens is 1. The van der Waals surface area contributed by atoms with E-state index in [1.807, 2.05) is 18.2 Å². The number of benzene rings is 1. The first-order valence-corrected chi connectivity index (χ1v) is 11.2. The predicted molar refractivity (Wildman–Crippen MR) is 125 cm³/mol. The number of aromatic amines is 1. The van der Waals surface area contributed by atoms with Gasteiger partial charge in [-0.05, 0) is 50.5 Å². The van der Waals surface area contributed by atoms with Crippen LogP contribution >= 0.6 is 0 Å². The minimum atomic E-state index is -0.639. The Morgan fingerprint density at radius 2 is 1.59 bits per heavy atom. The van der Waals surface area contributed by atoms with Gasteiger partial charge in [0.05, 0.1) is 31.8 Å². The Morgan fingerprint density at radius 3 is 2.29 bits per heavy atom. The number of carbonyl (C=O) groups excluding carboxylic acids is 4. The summed E-state index contributed by atoms with van der Waals surface area (Å²) < 4.78 is 15.3. The van der Waals surface area contributed by atoms with Gasteiger partial charge in [0.1, 0.15) is 5.69 Å². The van der Waals surface area contributed by atoms with Crippen LogP contribution in [0.4, 0.5) is 5.69 Å². The molecule has 1 amide bonds. The molecule has 180 valence electrons. The number of hydrogen-bond donors (Lipinski definition) is 2. The topological polar surface area (TPSA) is 124 Å². The van der Waals surface area contributed by atoms with E-state index in [2.05, 4.69) is 10.3 Å². The van der Waals surface area contributed by atoms with Crippen molar-refractivity contribution in [1.29, 1.82) is 0 Å². The number of nitrogens with one attached hydrogen (secondary N) is 2. The van der Waals surface area contributed by atoms with Gasteiger partial charge in [-0.3, -0.25) is 14.4 Å². The van der Waals surface area contributed by atoms with Gasteiger partial charge in [0.2, 0.25) is 0 Å². The molecule has 0 unspecified atom stereocenters. The lowest BCUT2D eigenvalue weighted by Gasteiger charge is -2.08. The van der Waals surface area contributed by atoms with E-state index in [1.165, 1.54) is 0 Å². The Kier molecular flexibility index (Phi) is 8.24. The molecular formula is C25H28N2O7. The van der Waals surface area contributed by atoms with Crippen LogP contribution < -0.4 is 5.32 Å². The minimum absolute atomic E-state index is 0.0305. The molecule has 0 spiro atoms. The molecule has 2 aromatic rings. The predicted octanol–water partition coefficient (Wildman–Crippen LogP) is 3.29. The molecule has 0 bridgehead atoms. The number of hydrogen-bond acceptors (Lipinski definition) is 7. The third-order valence-corrected chi connectivity index (χ3v) is 5.24. The minimum Gasteiger partial charge on any atom is -0.466 e. The molecule has 0 atom stereocenters. The maximum Gasteiger partial charge on any atom is 0.355 e. The Hall–Kier alpha value is -3.88. The molecule has 3 rings (SSSR count). The molecule has 1 aliphatic heterocycles. The Balaban J connectivity index is 2.13. The number of para-hydroxylation sites is 1. The largest absolute Gasteiger partial charge is 0.466 e. The number of rotatable bonds is 10. The highest BCUT2D eigenvalue weighted by Crippen LogP contribution is 2.34. The van der Waals surface area contributed by atoms with Gasteiger partial charge in [0.15, 0.2) is 0 Å². The van der Waals surface area contributed by atoms with Crippen molar-refractivity contribution in [3.05, 3.63) is 52.3 Å². The first kappa shape index (κ1) is 24.8. The van der Waals surface area contributed by atoms with Crippen LogP contribution in [0.1, 0.15) is 60.1 Å². The SMILES string of the molecule is CCOC(=O)CCc1c(C=C2C(=O)Nc3ccccc32)[nH]c(C(=O)OCC)c1CC(=O)OCC. The molecule has 9 heteroatoms. The van der Waals surface area contributed by atoms with Crippen LogP contribution in [-0.4, -0.2) is 48.6 Å². The second-order valence-corrected chi connectivity index (χ2v) is 7.44. The van der Waals surface area contributed by atoms with E-state index in [0.717, 1.165) is 0 Å². The highest BCUT2D eigenvalue weighted by Gasteiger charge is 2.28. The fourth-order valence-electron chi connectivity index (χ4n) is 3.82. The van der Waals surface area contributed by atoms with E-state index in [-0.39, 0.29) is 50.7 Å². The van der Waals surface area contributed by atoms with E-state index >= 15 is 0 Å². The average molecular weight is 469 g/mol. The Morgan fingerprint density at radius 1 is 0.912 bits per heavy atom. The van der Waals surface area contributed by atoms with E-state index < -0.39 is 17.9 Å². The summed E-state index contributed by atoms with van der Waals surface area (Å²) >= 11 is 0. The number of carbonyl (C=O) groups is 4. The number of aromatic nitrogens is 1. The molecule has 2 heterocycles. The lowest BCUT2D eigenvalue weighted by molar-refractivity contribution is -0.143. The highest BCUT2D eigenvalue weighted by molar-refractivity contribution is 6.34. The van der Waals surface area contributed by atoms with Crippen molar-refractivity contribution in [2.24, 2.45) is 0 Å². The third-order valence-electron chi connectivity index (χ3n) is 5.24. The van der Waals surface area contributed by atoms with Crippen molar-refractivity contribution in [3.63, 3.8) is 0 Å². The van der Waals surface area contributed by atoms with Crippen molar-refractivity contribution in [3.8, 4) is 0 Å². The first-order valence-electron chi connectivity index (χ1n) is 11.2. The molecule has 1 aliphatic rings. The zero-order chi connectivity index (χ0) is 24.7. The fraction of sp³-hybridized carbons (Fsp3) is 0.360. The lowest BCUT2D eigenvalue weighted by Crippen LogP contribution is -2.14. The molecule has 2 N–H and O–H groups in total. The van der Waals surface area contributed by atoms with Crippen molar-refractivity contribution in [2.45, 2.75) is 40.0 Å². The molecule has 0 fully saturated rings. The quantitative estimate of drug-likeness (QED) is 0.311. The maximum atomic E-state index is 12.7. The molecule has 1 aromatic heterocycles. The zero-order valence-corrected chi connectivity index (χ0v) is 19.5. The number of ether oxygens (including phenoxy) is 3. The first-order chi connectivity index (χ1) is 16.4. The van der Waals surface area contributed by atoms with Crippen LogP contribution in [0.25, 0.3) is 11.6 Å². The summed E-state index contributed by atoms with van der Waals surface area (Å²) in [7, 11) is 0. The van der Waals surface area contributed by atoms with E-state index in [0.29, 0.717) is 33.6 Å². The number of anilines is 1. The van der Waals surface area contributed by atoms with Gasteiger partial charge >= 0.3 is 17.9 Å². The fourth-order valence-corrected chi connectivity index (χ4v) is 3.82. The summed E-state index contributed by atoms with van der Waals surface area (Å²) in [4.78, 5) is 52.8. The van der Waals surface area contributed by atoms with Gasteiger partial charge in [0, 0.05) is 23.4 Å². The van der Waals surface area contributed by atoms with Crippen LogP contribution in [-0.2, 0) is 41.4 Å². The lowest BCUT2D eigenvalue weighted by atomic mass is 9.98. The van der Waals surface area contributed by atoms with Crippen LogP contribution in [0.2, 0.25) is 0 Å². The smallest absolute Gasteiger partial charge is 0.355 e. The third kappa shape index (κ3) is 5.54. The Labute approximate surface area is 197 Å². The molecule has 1 aromatic carbocycles. The molecular weight excluding hydrogens is 440 g/mol.